The van der Waals surface area contributed by atoms with Gasteiger partial charge in [0.05, 0.1) is 12.7 Å². The van der Waals surface area contributed by atoms with E-state index in [2.05, 4.69) is 13.8 Å². The van der Waals surface area contributed by atoms with Crippen LogP contribution in [0.2, 0.25) is 0 Å². The molecule has 0 aromatic carbocycles. The lowest BCUT2D eigenvalue weighted by Gasteiger charge is -2.38. The molecular formula is C13H22O3. The normalized spacial score (nSPS) is 26.4. The van der Waals surface area contributed by atoms with Crippen LogP contribution in [0.25, 0.3) is 0 Å². The Hall–Kier alpha value is -0.670. The Morgan fingerprint density at radius 3 is 2.69 bits per heavy atom. The lowest BCUT2D eigenvalue weighted by atomic mass is 9.66. The van der Waals surface area contributed by atoms with Crippen molar-refractivity contribution in [3.63, 3.8) is 0 Å². The third kappa shape index (κ3) is 3.16. The van der Waals surface area contributed by atoms with Crippen molar-refractivity contribution >= 4 is 5.78 Å². The largest absolute Gasteiger partial charge is 0.394 e. The fourth-order valence-electron chi connectivity index (χ4n) is 2.66. The van der Waals surface area contributed by atoms with Crippen LogP contribution >= 0.6 is 0 Å². The zero-order valence-electron chi connectivity index (χ0n) is 10.4. The lowest BCUT2D eigenvalue weighted by molar-refractivity contribution is -0.117. The highest BCUT2D eigenvalue weighted by atomic mass is 16.3. The summed E-state index contributed by atoms with van der Waals surface area (Å²) in [5.74, 6) is 0.521. The molecule has 2 atom stereocenters. The van der Waals surface area contributed by atoms with Gasteiger partial charge in [0.15, 0.2) is 5.78 Å². The average Bonchev–Trinajstić information content (AvgIpc) is 2.14. The zero-order chi connectivity index (χ0) is 12.3. The van der Waals surface area contributed by atoms with Crippen LogP contribution in [0.15, 0.2) is 11.6 Å². The van der Waals surface area contributed by atoms with Crippen LogP contribution in [-0.2, 0) is 4.79 Å². The van der Waals surface area contributed by atoms with Crippen molar-refractivity contribution in [2.75, 3.05) is 6.61 Å². The standard InChI is InChI=1S/C13H22O3/c1-9-6-11(16)7-13(2,3)12(9)5-4-10(15)8-14/h6,10,12,14-15H,4-5,7-8H2,1-3H3/t10-,12+/m1/s1. The molecule has 3 nitrogen and oxygen atoms in total. The summed E-state index contributed by atoms with van der Waals surface area (Å²) in [6.45, 7) is 5.98. The first-order valence-electron chi connectivity index (χ1n) is 5.87. The molecule has 0 aromatic heterocycles. The quantitative estimate of drug-likeness (QED) is 0.767. The van der Waals surface area contributed by atoms with Gasteiger partial charge < -0.3 is 10.2 Å². The summed E-state index contributed by atoms with van der Waals surface area (Å²) >= 11 is 0. The molecule has 1 rings (SSSR count). The number of aliphatic hydroxyl groups excluding tert-OH is 2. The number of carbonyl (C=O) groups is 1. The van der Waals surface area contributed by atoms with E-state index in [9.17, 15) is 9.90 Å². The zero-order valence-corrected chi connectivity index (χ0v) is 10.4. The maximum Gasteiger partial charge on any atom is 0.156 e. The van der Waals surface area contributed by atoms with E-state index < -0.39 is 6.10 Å². The van der Waals surface area contributed by atoms with Crippen LogP contribution in [-0.4, -0.2) is 28.7 Å². The van der Waals surface area contributed by atoms with Crippen molar-refractivity contribution in [1.82, 2.24) is 0 Å². The van der Waals surface area contributed by atoms with Crippen LogP contribution < -0.4 is 0 Å². The van der Waals surface area contributed by atoms with Gasteiger partial charge in [-0.1, -0.05) is 19.4 Å². The summed E-state index contributed by atoms with van der Waals surface area (Å²) < 4.78 is 0. The summed E-state index contributed by atoms with van der Waals surface area (Å²) in [7, 11) is 0. The van der Waals surface area contributed by atoms with E-state index in [1.165, 1.54) is 0 Å². The van der Waals surface area contributed by atoms with Crippen molar-refractivity contribution in [2.24, 2.45) is 11.3 Å². The highest BCUT2D eigenvalue weighted by Gasteiger charge is 2.35. The molecule has 0 heterocycles. The first kappa shape index (κ1) is 13.4. The van der Waals surface area contributed by atoms with Gasteiger partial charge in [-0.25, -0.2) is 0 Å². The Morgan fingerprint density at radius 2 is 2.19 bits per heavy atom. The minimum Gasteiger partial charge on any atom is -0.394 e. The molecule has 92 valence electrons. The van der Waals surface area contributed by atoms with E-state index in [4.69, 9.17) is 5.11 Å². The molecule has 3 heteroatoms. The average molecular weight is 226 g/mol. The maximum atomic E-state index is 11.5. The third-order valence-corrected chi connectivity index (χ3v) is 3.51. The minimum atomic E-state index is -0.638. The Balaban J connectivity index is 2.69. The van der Waals surface area contributed by atoms with Gasteiger partial charge >= 0.3 is 0 Å². The summed E-state index contributed by atoms with van der Waals surface area (Å²) in [5, 5.41) is 18.1. The van der Waals surface area contributed by atoms with Gasteiger partial charge in [-0.3, -0.25) is 4.79 Å². The smallest absolute Gasteiger partial charge is 0.156 e. The molecule has 1 aliphatic rings. The monoisotopic (exact) mass is 226 g/mol. The Labute approximate surface area is 97.2 Å². The third-order valence-electron chi connectivity index (χ3n) is 3.51. The molecule has 0 amide bonds. The fourth-order valence-corrected chi connectivity index (χ4v) is 2.66. The molecule has 0 unspecified atom stereocenters. The summed E-state index contributed by atoms with van der Waals surface area (Å²) in [6.07, 6.45) is 3.07. The predicted octanol–water partition coefficient (Wildman–Crippen LogP) is 1.68. The first-order chi connectivity index (χ1) is 7.36. The van der Waals surface area contributed by atoms with Crippen LogP contribution in [0.5, 0.6) is 0 Å². The summed E-state index contributed by atoms with van der Waals surface area (Å²) in [5.41, 5.74) is 1.07. The van der Waals surface area contributed by atoms with Gasteiger partial charge in [0, 0.05) is 6.42 Å². The van der Waals surface area contributed by atoms with E-state index in [-0.39, 0.29) is 17.8 Å². The van der Waals surface area contributed by atoms with Crippen molar-refractivity contribution in [2.45, 2.75) is 46.1 Å². The molecule has 1 aliphatic carbocycles. The maximum absolute atomic E-state index is 11.5. The van der Waals surface area contributed by atoms with Crippen LogP contribution in [0, 0.1) is 11.3 Å². The van der Waals surface area contributed by atoms with Crippen molar-refractivity contribution < 1.29 is 15.0 Å². The lowest BCUT2D eigenvalue weighted by Crippen LogP contribution is -2.32. The van der Waals surface area contributed by atoms with E-state index in [1.807, 2.05) is 6.92 Å². The summed E-state index contributed by atoms with van der Waals surface area (Å²) in [6, 6.07) is 0. The number of allylic oxidation sites excluding steroid dienone is 2. The molecule has 16 heavy (non-hydrogen) atoms. The van der Waals surface area contributed by atoms with Crippen molar-refractivity contribution in [3.8, 4) is 0 Å². The minimum absolute atomic E-state index is 0.0366. The van der Waals surface area contributed by atoms with Gasteiger partial charge in [0.2, 0.25) is 0 Å². The van der Waals surface area contributed by atoms with E-state index in [0.29, 0.717) is 18.8 Å². The van der Waals surface area contributed by atoms with E-state index in [1.54, 1.807) is 6.08 Å². The Kier molecular flexibility index (Phi) is 4.28. The number of ketones is 1. The van der Waals surface area contributed by atoms with E-state index in [0.717, 1.165) is 12.0 Å². The highest BCUT2D eigenvalue weighted by Crippen LogP contribution is 2.42. The molecule has 0 aromatic rings. The molecule has 0 bridgehead atoms. The predicted molar refractivity (Wildman–Crippen MR) is 63.0 cm³/mol. The molecule has 0 radical (unpaired) electrons. The van der Waals surface area contributed by atoms with Gasteiger partial charge in [-0.2, -0.15) is 0 Å². The highest BCUT2D eigenvalue weighted by molar-refractivity contribution is 5.91. The molecule has 0 fully saturated rings. The van der Waals surface area contributed by atoms with Gasteiger partial charge in [0.25, 0.3) is 0 Å². The molecule has 0 aliphatic heterocycles. The number of aliphatic hydroxyl groups is 2. The molecule has 2 N–H and O–H groups in total. The topological polar surface area (TPSA) is 57.5 Å². The second-order valence-electron chi connectivity index (χ2n) is 5.49. The molecule has 0 saturated heterocycles. The van der Waals surface area contributed by atoms with Gasteiger partial charge in [-0.05, 0) is 37.2 Å². The van der Waals surface area contributed by atoms with Crippen LogP contribution in [0.3, 0.4) is 0 Å². The molecule has 0 spiro atoms. The molecular weight excluding hydrogens is 204 g/mol. The first-order valence-corrected chi connectivity index (χ1v) is 5.87. The second kappa shape index (κ2) is 5.11. The van der Waals surface area contributed by atoms with Gasteiger partial charge in [0.1, 0.15) is 0 Å². The van der Waals surface area contributed by atoms with Crippen LogP contribution in [0.1, 0.15) is 40.0 Å². The Bertz CT molecular complexity index is 292. The van der Waals surface area contributed by atoms with Gasteiger partial charge in [-0.15, -0.1) is 0 Å². The van der Waals surface area contributed by atoms with E-state index >= 15 is 0 Å². The molecule has 0 saturated carbocycles. The van der Waals surface area contributed by atoms with Crippen LogP contribution in [0.4, 0.5) is 0 Å². The Morgan fingerprint density at radius 1 is 1.56 bits per heavy atom. The SMILES string of the molecule is CC1=CC(=O)CC(C)(C)[C@H]1CC[C@@H](O)CO. The summed E-state index contributed by atoms with van der Waals surface area (Å²) in [4.78, 5) is 11.5. The number of carbonyl (C=O) groups excluding carboxylic acids is 1. The fraction of sp³-hybridized carbons (Fsp3) is 0.769. The number of hydrogen-bond donors (Lipinski definition) is 2. The van der Waals surface area contributed by atoms with Crippen molar-refractivity contribution in [1.29, 1.82) is 0 Å². The number of rotatable bonds is 4. The number of hydrogen-bond acceptors (Lipinski definition) is 3. The van der Waals surface area contributed by atoms with Crippen molar-refractivity contribution in [3.05, 3.63) is 11.6 Å². The second-order valence-corrected chi connectivity index (χ2v) is 5.49.